The molecule has 2 rings (SSSR count). The van der Waals surface area contributed by atoms with Crippen LogP contribution in [0.1, 0.15) is 19.4 Å². The Kier molecular flexibility index (Phi) is 3.80. The molecule has 0 saturated carbocycles. The van der Waals surface area contributed by atoms with Crippen molar-refractivity contribution in [2.24, 2.45) is 5.92 Å². The Morgan fingerprint density at radius 1 is 1.26 bits per heavy atom. The third kappa shape index (κ3) is 3.07. The molecule has 1 fully saturated rings. The molecule has 0 aromatic heterocycles. The van der Waals surface area contributed by atoms with Gasteiger partial charge in [0, 0.05) is 13.0 Å². The molecule has 1 unspecified atom stereocenters. The number of amides is 2. The summed E-state index contributed by atoms with van der Waals surface area (Å²) in [6.07, 6.45) is 0.314. The van der Waals surface area contributed by atoms with E-state index in [4.69, 9.17) is 0 Å². The van der Waals surface area contributed by atoms with Crippen molar-refractivity contribution in [3.05, 3.63) is 35.9 Å². The van der Waals surface area contributed by atoms with Gasteiger partial charge in [-0.1, -0.05) is 44.2 Å². The number of carbonyl (C=O) groups is 1. The molecule has 5 nitrogen and oxygen atoms in total. The van der Waals surface area contributed by atoms with Crippen molar-refractivity contribution in [2.75, 3.05) is 6.54 Å². The van der Waals surface area contributed by atoms with E-state index in [9.17, 15) is 13.2 Å². The standard InChI is InChI=1S/C13H18N2O3S/c1-10(2)9-15-12(19(17,18)14-13(15)16)8-11-6-4-3-5-7-11/h3-7,10,12H,8-9H2,1-2H3,(H,14,16). The van der Waals surface area contributed by atoms with E-state index in [-0.39, 0.29) is 5.92 Å². The lowest BCUT2D eigenvalue weighted by molar-refractivity contribution is 0.198. The predicted molar refractivity (Wildman–Crippen MR) is 72.9 cm³/mol. The first kappa shape index (κ1) is 13.9. The molecule has 2 amide bonds. The molecule has 1 aromatic rings. The number of benzene rings is 1. The van der Waals surface area contributed by atoms with Gasteiger partial charge in [0.1, 0.15) is 0 Å². The Morgan fingerprint density at radius 2 is 1.89 bits per heavy atom. The molecule has 0 radical (unpaired) electrons. The Hall–Kier alpha value is -1.56. The number of carbonyl (C=O) groups excluding carboxylic acids is 1. The highest BCUT2D eigenvalue weighted by Gasteiger charge is 2.43. The topological polar surface area (TPSA) is 66.5 Å². The second kappa shape index (κ2) is 5.21. The van der Waals surface area contributed by atoms with Crippen LogP contribution in [0.2, 0.25) is 0 Å². The molecular weight excluding hydrogens is 264 g/mol. The molecule has 0 aliphatic carbocycles. The van der Waals surface area contributed by atoms with Crippen molar-refractivity contribution < 1.29 is 13.2 Å². The average molecular weight is 282 g/mol. The molecule has 1 heterocycles. The lowest BCUT2D eigenvalue weighted by atomic mass is 10.1. The lowest BCUT2D eigenvalue weighted by Gasteiger charge is -2.23. The second-order valence-corrected chi connectivity index (χ2v) is 6.98. The van der Waals surface area contributed by atoms with Crippen molar-refractivity contribution in [1.82, 2.24) is 9.62 Å². The van der Waals surface area contributed by atoms with Gasteiger partial charge in [-0.2, -0.15) is 0 Å². The number of sulfonamides is 1. The summed E-state index contributed by atoms with van der Waals surface area (Å²) >= 11 is 0. The molecule has 1 aromatic carbocycles. The lowest BCUT2D eigenvalue weighted by Crippen LogP contribution is -2.39. The van der Waals surface area contributed by atoms with E-state index in [1.807, 2.05) is 44.2 Å². The fraction of sp³-hybridized carbons (Fsp3) is 0.462. The minimum absolute atomic E-state index is 0.220. The van der Waals surface area contributed by atoms with Gasteiger partial charge >= 0.3 is 6.03 Å². The van der Waals surface area contributed by atoms with Crippen LogP contribution in [0.15, 0.2) is 30.3 Å². The highest BCUT2D eigenvalue weighted by Crippen LogP contribution is 2.21. The monoisotopic (exact) mass is 282 g/mol. The van der Waals surface area contributed by atoms with Crippen LogP contribution in [0.4, 0.5) is 4.79 Å². The summed E-state index contributed by atoms with van der Waals surface area (Å²) in [4.78, 5) is 13.2. The first-order valence-electron chi connectivity index (χ1n) is 6.26. The molecule has 104 valence electrons. The summed E-state index contributed by atoms with van der Waals surface area (Å²) in [7, 11) is -3.60. The van der Waals surface area contributed by atoms with Crippen molar-refractivity contribution in [2.45, 2.75) is 25.6 Å². The Balaban J connectivity index is 2.25. The van der Waals surface area contributed by atoms with Crippen LogP contribution in [0, 0.1) is 5.92 Å². The maximum atomic E-state index is 12.0. The second-order valence-electron chi connectivity index (χ2n) is 5.14. The highest BCUT2D eigenvalue weighted by atomic mass is 32.2. The number of nitrogens with one attached hydrogen (secondary N) is 1. The number of hydrogen-bond donors (Lipinski definition) is 1. The minimum atomic E-state index is -3.60. The van der Waals surface area contributed by atoms with Crippen LogP contribution in [0.3, 0.4) is 0 Å². The van der Waals surface area contributed by atoms with Crippen molar-refractivity contribution in [1.29, 1.82) is 0 Å². The molecule has 1 N–H and O–H groups in total. The molecule has 1 saturated heterocycles. The Morgan fingerprint density at radius 3 is 2.47 bits per heavy atom. The average Bonchev–Trinajstić information content (AvgIpc) is 2.52. The molecule has 1 aliphatic heterocycles. The van der Waals surface area contributed by atoms with Crippen molar-refractivity contribution >= 4 is 16.1 Å². The maximum Gasteiger partial charge on any atom is 0.332 e. The zero-order valence-electron chi connectivity index (χ0n) is 11.0. The SMILES string of the molecule is CC(C)CN1C(=O)NS(=O)(=O)C1Cc1ccccc1. The van der Waals surface area contributed by atoms with Crippen LogP contribution in [0.5, 0.6) is 0 Å². The predicted octanol–water partition coefficient (Wildman–Crippen LogP) is 1.57. The maximum absolute atomic E-state index is 12.0. The number of rotatable bonds is 4. The highest BCUT2D eigenvalue weighted by molar-refractivity contribution is 7.91. The van der Waals surface area contributed by atoms with Crippen LogP contribution in [-0.2, 0) is 16.4 Å². The summed E-state index contributed by atoms with van der Waals surface area (Å²) in [5.41, 5.74) is 0.904. The number of nitrogens with zero attached hydrogens (tertiary/aromatic N) is 1. The third-order valence-electron chi connectivity index (χ3n) is 3.01. The van der Waals surface area contributed by atoms with Crippen LogP contribution in [0.25, 0.3) is 0 Å². The van der Waals surface area contributed by atoms with Crippen molar-refractivity contribution in [3.8, 4) is 0 Å². The van der Waals surface area contributed by atoms with E-state index >= 15 is 0 Å². The Bertz CT molecular complexity index is 555. The van der Waals surface area contributed by atoms with E-state index in [1.165, 1.54) is 4.90 Å². The van der Waals surface area contributed by atoms with E-state index in [1.54, 1.807) is 0 Å². The van der Waals surface area contributed by atoms with Crippen LogP contribution < -0.4 is 4.72 Å². The van der Waals surface area contributed by atoms with Gasteiger partial charge in [0.05, 0.1) is 0 Å². The van der Waals surface area contributed by atoms with Crippen molar-refractivity contribution in [3.63, 3.8) is 0 Å². The van der Waals surface area contributed by atoms with Gasteiger partial charge in [0.15, 0.2) is 5.37 Å². The Labute approximate surface area is 113 Å². The summed E-state index contributed by atoms with van der Waals surface area (Å²) < 4.78 is 26.1. The van der Waals surface area contributed by atoms with Gasteiger partial charge in [-0.15, -0.1) is 0 Å². The summed E-state index contributed by atoms with van der Waals surface area (Å²) in [5.74, 6) is 0.220. The number of urea groups is 1. The van der Waals surface area contributed by atoms with Gasteiger partial charge in [-0.25, -0.2) is 17.9 Å². The normalized spacial score (nSPS) is 21.7. The van der Waals surface area contributed by atoms with Crippen LogP contribution in [-0.4, -0.2) is 31.3 Å². The van der Waals surface area contributed by atoms with E-state index in [0.29, 0.717) is 13.0 Å². The molecular formula is C13H18N2O3S. The molecule has 6 heteroatoms. The van der Waals surface area contributed by atoms with E-state index in [2.05, 4.69) is 4.72 Å². The first-order chi connectivity index (χ1) is 8.90. The number of hydrogen-bond acceptors (Lipinski definition) is 3. The van der Waals surface area contributed by atoms with Gasteiger partial charge in [0.2, 0.25) is 0 Å². The van der Waals surface area contributed by atoms with E-state index < -0.39 is 21.4 Å². The van der Waals surface area contributed by atoms with Gasteiger partial charge in [-0.3, -0.25) is 0 Å². The molecule has 1 aliphatic rings. The first-order valence-corrected chi connectivity index (χ1v) is 7.81. The molecule has 0 bridgehead atoms. The fourth-order valence-corrected chi connectivity index (χ4v) is 3.60. The van der Waals surface area contributed by atoms with Gasteiger partial charge in [-0.05, 0) is 11.5 Å². The van der Waals surface area contributed by atoms with E-state index in [0.717, 1.165) is 5.56 Å². The van der Waals surface area contributed by atoms with Crippen LogP contribution >= 0.6 is 0 Å². The van der Waals surface area contributed by atoms with Gasteiger partial charge in [0.25, 0.3) is 10.0 Å². The molecule has 19 heavy (non-hydrogen) atoms. The summed E-state index contributed by atoms with van der Waals surface area (Å²) in [5, 5.41) is -0.815. The minimum Gasteiger partial charge on any atom is -0.304 e. The quantitative estimate of drug-likeness (QED) is 0.911. The molecule has 0 spiro atoms. The summed E-state index contributed by atoms with van der Waals surface area (Å²) in [6.45, 7) is 4.35. The fourth-order valence-electron chi connectivity index (χ4n) is 2.18. The zero-order valence-corrected chi connectivity index (χ0v) is 11.9. The summed E-state index contributed by atoms with van der Waals surface area (Å²) in [6, 6.07) is 8.81. The largest absolute Gasteiger partial charge is 0.332 e. The van der Waals surface area contributed by atoms with Gasteiger partial charge < -0.3 is 4.90 Å². The smallest absolute Gasteiger partial charge is 0.304 e. The molecule has 1 atom stereocenters. The third-order valence-corrected chi connectivity index (χ3v) is 4.61. The zero-order chi connectivity index (χ0) is 14.0.